The third-order valence-electron chi connectivity index (χ3n) is 4.97. The van der Waals surface area contributed by atoms with Gasteiger partial charge in [-0.05, 0) is 30.5 Å². The largest absolute Gasteiger partial charge is 0.491 e. The minimum absolute atomic E-state index is 0.0375. The highest BCUT2D eigenvalue weighted by molar-refractivity contribution is 6.33. The van der Waals surface area contributed by atoms with Crippen LogP contribution in [0.4, 0.5) is 5.69 Å². The Labute approximate surface area is 154 Å². The molecule has 1 atom stereocenters. The summed E-state index contributed by atoms with van der Waals surface area (Å²) in [7, 11) is 1.85. The summed E-state index contributed by atoms with van der Waals surface area (Å²) >= 11 is 6.29. The van der Waals surface area contributed by atoms with Crippen LogP contribution in [0.2, 0.25) is 5.02 Å². The van der Waals surface area contributed by atoms with Crippen molar-refractivity contribution < 1.29 is 4.74 Å². The fraction of sp³-hybridized carbons (Fsp3) is 0.526. The molecule has 0 aliphatic heterocycles. The third kappa shape index (κ3) is 4.47. The first-order chi connectivity index (χ1) is 12.0. The number of nitrogen functional groups attached to an aromatic ring is 1. The Hall–Kier alpha value is -1.72. The van der Waals surface area contributed by atoms with Gasteiger partial charge in [-0.15, -0.1) is 0 Å². The van der Waals surface area contributed by atoms with Gasteiger partial charge >= 0.3 is 0 Å². The van der Waals surface area contributed by atoms with Crippen LogP contribution in [0.5, 0.6) is 5.75 Å². The molecule has 1 heterocycles. The number of nitrogens with zero attached hydrogens (tertiary/aromatic N) is 2. The lowest BCUT2D eigenvalue weighted by Crippen LogP contribution is -2.31. The zero-order chi connectivity index (χ0) is 17.8. The summed E-state index contributed by atoms with van der Waals surface area (Å²) in [6, 6.07) is 5.61. The summed E-state index contributed by atoms with van der Waals surface area (Å²) in [6.07, 6.45) is 9.27. The van der Waals surface area contributed by atoms with Gasteiger partial charge in [-0.1, -0.05) is 43.7 Å². The van der Waals surface area contributed by atoms with Crippen molar-refractivity contribution >= 4 is 17.3 Å². The number of ether oxygens (including phenoxy) is 1. The van der Waals surface area contributed by atoms with Crippen LogP contribution in [0, 0.1) is 5.92 Å². The van der Waals surface area contributed by atoms with E-state index in [4.69, 9.17) is 27.8 Å². The second-order valence-electron chi connectivity index (χ2n) is 7.03. The molecule has 1 aromatic carbocycles. The van der Waals surface area contributed by atoms with Crippen molar-refractivity contribution in [2.24, 2.45) is 18.7 Å². The van der Waals surface area contributed by atoms with Gasteiger partial charge in [0.25, 0.3) is 0 Å². The SMILES string of the molecule is Cn1ncc(Cl)c1-c1cc(N)ccc1OC[C@@H](N)CC1CCCCC1. The number of aryl methyl sites for hydroxylation is 1. The molecule has 3 rings (SSSR count). The molecule has 136 valence electrons. The molecular formula is C19H27ClN4O. The van der Waals surface area contributed by atoms with Gasteiger partial charge in [0.1, 0.15) is 12.4 Å². The van der Waals surface area contributed by atoms with Gasteiger partial charge in [-0.3, -0.25) is 4.68 Å². The Morgan fingerprint density at radius 2 is 2.08 bits per heavy atom. The van der Waals surface area contributed by atoms with Crippen LogP contribution < -0.4 is 16.2 Å². The lowest BCUT2D eigenvalue weighted by molar-refractivity contribution is 0.244. The predicted octanol–water partition coefficient (Wildman–Crippen LogP) is 4.00. The number of halogens is 1. The molecule has 4 N–H and O–H groups in total. The zero-order valence-electron chi connectivity index (χ0n) is 14.7. The Morgan fingerprint density at radius 3 is 2.76 bits per heavy atom. The molecule has 1 aliphatic rings. The van der Waals surface area contributed by atoms with Crippen molar-refractivity contribution in [3.05, 3.63) is 29.4 Å². The van der Waals surface area contributed by atoms with Crippen LogP contribution in [0.3, 0.4) is 0 Å². The van der Waals surface area contributed by atoms with Gasteiger partial charge in [0, 0.05) is 24.3 Å². The second-order valence-corrected chi connectivity index (χ2v) is 7.44. The molecule has 0 bridgehead atoms. The minimum Gasteiger partial charge on any atom is -0.491 e. The first-order valence-corrected chi connectivity index (χ1v) is 9.38. The van der Waals surface area contributed by atoms with Gasteiger partial charge in [0.05, 0.1) is 16.9 Å². The van der Waals surface area contributed by atoms with E-state index in [0.717, 1.165) is 29.3 Å². The third-order valence-corrected chi connectivity index (χ3v) is 5.24. The van der Waals surface area contributed by atoms with Gasteiger partial charge in [-0.2, -0.15) is 5.10 Å². The van der Waals surface area contributed by atoms with Crippen molar-refractivity contribution in [3.8, 4) is 17.0 Å². The van der Waals surface area contributed by atoms with Crippen LogP contribution in [-0.4, -0.2) is 22.4 Å². The van der Waals surface area contributed by atoms with Gasteiger partial charge in [0.15, 0.2) is 0 Å². The maximum Gasteiger partial charge on any atom is 0.128 e. The quantitative estimate of drug-likeness (QED) is 0.761. The molecule has 0 saturated heterocycles. The van der Waals surface area contributed by atoms with Gasteiger partial charge in [0.2, 0.25) is 0 Å². The maximum atomic E-state index is 6.32. The Kier molecular flexibility index (Phi) is 5.86. The van der Waals surface area contributed by atoms with E-state index in [1.807, 2.05) is 25.2 Å². The second kappa shape index (κ2) is 8.11. The number of rotatable bonds is 6. The molecule has 6 heteroatoms. The van der Waals surface area contributed by atoms with E-state index < -0.39 is 0 Å². The van der Waals surface area contributed by atoms with Crippen LogP contribution in [-0.2, 0) is 7.05 Å². The molecule has 1 fully saturated rings. The smallest absolute Gasteiger partial charge is 0.128 e. The van der Waals surface area contributed by atoms with Crippen molar-refractivity contribution in [2.75, 3.05) is 12.3 Å². The van der Waals surface area contributed by atoms with E-state index in [-0.39, 0.29) is 6.04 Å². The fourth-order valence-corrected chi connectivity index (χ4v) is 3.96. The summed E-state index contributed by atoms with van der Waals surface area (Å²) in [5, 5.41) is 4.77. The van der Waals surface area contributed by atoms with Crippen molar-refractivity contribution in [1.29, 1.82) is 0 Å². The van der Waals surface area contributed by atoms with E-state index in [1.54, 1.807) is 10.9 Å². The maximum absolute atomic E-state index is 6.32. The van der Waals surface area contributed by atoms with Gasteiger partial charge < -0.3 is 16.2 Å². The average Bonchev–Trinajstić information content (AvgIpc) is 2.93. The lowest BCUT2D eigenvalue weighted by Gasteiger charge is -2.25. The Bertz CT molecular complexity index is 690. The normalized spacial score (nSPS) is 16.8. The van der Waals surface area contributed by atoms with E-state index in [1.165, 1.54) is 32.1 Å². The summed E-state index contributed by atoms with van der Waals surface area (Å²) in [4.78, 5) is 0. The highest BCUT2D eigenvalue weighted by atomic mass is 35.5. The Morgan fingerprint density at radius 1 is 1.32 bits per heavy atom. The van der Waals surface area contributed by atoms with E-state index in [9.17, 15) is 0 Å². The summed E-state index contributed by atoms with van der Waals surface area (Å²) in [5.41, 5.74) is 14.6. The first-order valence-electron chi connectivity index (χ1n) is 9.00. The number of nitrogens with two attached hydrogens (primary N) is 2. The molecule has 2 aromatic rings. The van der Waals surface area contributed by atoms with E-state index in [0.29, 0.717) is 17.3 Å². The number of hydrogen-bond acceptors (Lipinski definition) is 4. The Balaban J connectivity index is 1.70. The molecule has 0 radical (unpaired) electrons. The molecular weight excluding hydrogens is 336 g/mol. The molecule has 0 spiro atoms. The number of aromatic nitrogens is 2. The standard InChI is InChI=1S/C19H27ClN4O/c1-24-19(17(20)11-23-24)16-10-14(21)7-8-18(16)25-12-15(22)9-13-5-3-2-4-6-13/h7-8,10-11,13,15H,2-6,9,12,21-22H2,1H3/t15-/m0/s1. The summed E-state index contributed by atoms with van der Waals surface area (Å²) in [5.74, 6) is 1.48. The van der Waals surface area contributed by atoms with E-state index >= 15 is 0 Å². The molecule has 0 unspecified atom stereocenters. The zero-order valence-corrected chi connectivity index (χ0v) is 15.5. The molecule has 5 nitrogen and oxygen atoms in total. The monoisotopic (exact) mass is 362 g/mol. The van der Waals surface area contributed by atoms with Crippen molar-refractivity contribution in [3.63, 3.8) is 0 Å². The number of anilines is 1. The van der Waals surface area contributed by atoms with Crippen molar-refractivity contribution in [1.82, 2.24) is 9.78 Å². The summed E-state index contributed by atoms with van der Waals surface area (Å²) < 4.78 is 7.78. The molecule has 1 aliphatic carbocycles. The minimum atomic E-state index is 0.0375. The van der Waals surface area contributed by atoms with Crippen LogP contribution in [0.25, 0.3) is 11.3 Å². The van der Waals surface area contributed by atoms with E-state index in [2.05, 4.69) is 5.10 Å². The summed E-state index contributed by atoms with van der Waals surface area (Å²) in [6.45, 7) is 0.489. The topological polar surface area (TPSA) is 79.1 Å². The predicted molar refractivity (Wildman–Crippen MR) is 103 cm³/mol. The highest BCUT2D eigenvalue weighted by Crippen LogP contribution is 2.36. The number of benzene rings is 1. The first kappa shape index (κ1) is 18.1. The van der Waals surface area contributed by atoms with Crippen LogP contribution in [0.1, 0.15) is 38.5 Å². The lowest BCUT2D eigenvalue weighted by atomic mass is 9.85. The fourth-order valence-electron chi connectivity index (χ4n) is 3.69. The van der Waals surface area contributed by atoms with Crippen molar-refractivity contribution in [2.45, 2.75) is 44.6 Å². The highest BCUT2D eigenvalue weighted by Gasteiger charge is 2.19. The van der Waals surface area contributed by atoms with Crippen LogP contribution in [0.15, 0.2) is 24.4 Å². The van der Waals surface area contributed by atoms with Crippen LogP contribution >= 0.6 is 11.6 Å². The molecule has 0 amide bonds. The molecule has 1 saturated carbocycles. The number of hydrogen-bond donors (Lipinski definition) is 2. The molecule has 1 aromatic heterocycles. The van der Waals surface area contributed by atoms with Gasteiger partial charge in [-0.25, -0.2) is 0 Å². The molecule has 25 heavy (non-hydrogen) atoms. The average molecular weight is 363 g/mol.